The molecule has 100 valence electrons. The molecule has 19 heavy (non-hydrogen) atoms. The van der Waals surface area contributed by atoms with Gasteiger partial charge < -0.3 is 10.6 Å². The van der Waals surface area contributed by atoms with Gasteiger partial charge in [0.1, 0.15) is 12.2 Å². The Morgan fingerprint density at radius 2 is 2.26 bits per heavy atom. The summed E-state index contributed by atoms with van der Waals surface area (Å²) in [4.78, 5) is 27.6. The van der Waals surface area contributed by atoms with Gasteiger partial charge in [-0.15, -0.1) is 11.3 Å². The van der Waals surface area contributed by atoms with E-state index in [1.807, 2.05) is 5.38 Å². The molecule has 2 aromatic rings. The highest BCUT2D eigenvalue weighted by molar-refractivity contribution is 7.12. The Labute approximate surface area is 113 Å². The van der Waals surface area contributed by atoms with Crippen molar-refractivity contribution in [2.24, 2.45) is 0 Å². The Morgan fingerprint density at radius 1 is 1.37 bits per heavy atom. The van der Waals surface area contributed by atoms with E-state index < -0.39 is 0 Å². The molecule has 0 spiro atoms. The molecular weight excluding hydrogens is 266 g/mol. The summed E-state index contributed by atoms with van der Waals surface area (Å²) in [7, 11) is 0. The van der Waals surface area contributed by atoms with E-state index in [-0.39, 0.29) is 18.4 Å². The fourth-order valence-electron chi connectivity index (χ4n) is 1.39. The van der Waals surface area contributed by atoms with Gasteiger partial charge in [0.2, 0.25) is 5.91 Å². The molecule has 0 aliphatic rings. The monoisotopic (exact) mass is 279 g/mol. The van der Waals surface area contributed by atoms with Crippen LogP contribution in [0.5, 0.6) is 0 Å². The Bertz CT molecular complexity index is 523. The normalized spacial score (nSPS) is 10.1. The number of amides is 2. The molecule has 0 fully saturated rings. The number of H-pyrrole nitrogens is 1. The average molecular weight is 279 g/mol. The van der Waals surface area contributed by atoms with Gasteiger partial charge in [-0.25, -0.2) is 4.98 Å². The fourth-order valence-corrected chi connectivity index (χ4v) is 2.03. The zero-order valence-electron chi connectivity index (χ0n) is 10.0. The van der Waals surface area contributed by atoms with Crippen molar-refractivity contribution in [2.45, 2.75) is 6.42 Å². The Kier molecular flexibility index (Phi) is 4.62. The molecule has 7 nitrogen and oxygen atoms in total. The van der Waals surface area contributed by atoms with Crippen molar-refractivity contribution in [2.75, 3.05) is 13.1 Å². The van der Waals surface area contributed by atoms with Gasteiger partial charge in [-0.05, 0) is 11.4 Å². The lowest BCUT2D eigenvalue weighted by molar-refractivity contribution is -0.120. The summed E-state index contributed by atoms with van der Waals surface area (Å²) >= 11 is 1.34. The van der Waals surface area contributed by atoms with Gasteiger partial charge in [0, 0.05) is 13.0 Å². The van der Waals surface area contributed by atoms with Gasteiger partial charge in [-0.3, -0.25) is 14.7 Å². The molecule has 0 saturated carbocycles. The Hall–Kier alpha value is -2.22. The lowest BCUT2D eigenvalue weighted by atomic mass is 10.4. The van der Waals surface area contributed by atoms with Crippen LogP contribution in [-0.2, 0) is 11.2 Å². The molecule has 0 aliphatic carbocycles. The minimum absolute atomic E-state index is 0.0346. The third kappa shape index (κ3) is 4.18. The van der Waals surface area contributed by atoms with E-state index in [2.05, 4.69) is 25.8 Å². The average Bonchev–Trinajstić information content (AvgIpc) is 3.08. The molecule has 2 amide bonds. The quantitative estimate of drug-likeness (QED) is 0.690. The fraction of sp³-hybridized carbons (Fsp3) is 0.273. The number of carbonyl (C=O) groups excluding carboxylic acids is 2. The summed E-state index contributed by atoms with van der Waals surface area (Å²) in [6.07, 6.45) is 1.99. The molecule has 0 radical (unpaired) electrons. The topological polar surface area (TPSA) is 99.8 Å². The molecule has 0 aliphatic heterocycles. The van der Waals surface area contributed by atoms with Crippen LogP contribution in [0.3, 0.4) is 0 Å². The van der Waals surface area contributed by atoms with Gasteiger partial charge in [0.15, 0.2) is 0 Å². The molecule has 0 bridgehead atoms. The number of aromatic nitrogens is 3. The van der Waals surface area contributed by atoms with Crippen molar-refractivity contribution in [3.05, 3.63) is 34.5 Å². The number of nitrogens with one attached hydrogen (secondary N) is 3. The van der Waals surface area contributed by atoms with E-state index in [1.54, 1.807) is 12.1 Å². The SMILES string of the molecule is O=C(CNC(=O)c1cccs1)NCCc1ncn[nH]1. The van der Waals surface area contributed by atoms with E-state index in [0.29, 0.717) is 23.7 Å². The second kappa shape index (κ2) is 6.64. The molecule has 0 unspecified atom stereocenters. The first-order valence-electron chi connectivity index (χ1n) is 5.68. The number of carbonyl (C=O) groups is 2. The van der Waals surface area contributed by atoms with E-state index in [9.17, 15) is 9.59 Å². The van der Waals surface area contributed by atoms with Crippen LogP contribution in [0.1, 0.15) is 15.5 Å². The van der Waals surface area contributed by atoms with Crippen LogP contribution in [0, 0.1) is 0 Å². The maximum Gasteiger partial charge on any atom is 0.261 e. The molecule has 8 heteroatoms. The van der Waals surface area contributed by atoms with Crippen molar-refractivity contribution in [1.82, 2.24) is 25.8 Å². The number of rotatable bonds is 6. The van der Waals surface area contributed by atoms with Gasteiger partial charge in [0.25, 0.3) is 5.91 Å². The summed E-state index contributed by atoms with van der Waals surface area (Å²) in [6.45, 7) is 0.413. The molecular formula is C11H13N5O2S. The van der Waals surface area contributed by atoms with Gasteiger partial charge in [0.05, 0.1) is 11.4 Å². The third-order valence-electron chi connectivity index (χ3n) is 2.30. The minimum Gasteiger partial charge on any atom is -0.354 e. The summed E-state index contributed by atoms with van der Waals surface area (Å²) in [5.74, 6) is 0.243. The largest absolute Gasteiger partial charge is 0.354 e. The predicted octanol–water partition coefficient (Wildman–Crippen LogP) is -0.0451. The van der Waals surface area contributed by atoms with Crippen molar-refractivity contribution < 1.29 is 9.59 Å². The first kappa shape index (κ1) is 13.2. The Morgan fingerprint density at radius 3 is 2.95 bits per heavy atom. The van der Waals surface area contributed by atoms with Crippen molar-refractivity contribution in [3.8, 4) is 0 Å². The molecule has 0 atom stereocenters. The maximum absolute atomic E-state index is 11.6. The zero-order chi connectivity index (χ0) is 13.5. The highest BCUT2D eigenvalue weighted by Crippen LogP contribution is 2.07. The van der Waals surface area contributed by atoms with E-state index in [0.717, 1.165) is 0 Å². The highest BCUT2D eigenvalue weighted by atomic mass is 32.1. The summed E-state index contributed by atoms with van der Waals surface area (Å²) in [5.41, 5.74) is 0. The van der Waals surface area contributed by atoms with Crippen LogP contribution < -0.4 is 10.6 Å². The number of hydrogen-bond acceptors (Lipinski definition) is 5. The molecule has 3 N–H and O–H groups in total. The molecule has 0 saturated heterocycles. The van der Waals surface area contributed by atoms with Crippen molar-refractivity contribution >= 4 is 23.2 Å². The van der Waals surface area contributed by atoms with Crippen LogP contribution >= 0.6 is 11.3 Å². The van der Waals surface area contributed by atoms with Crippen LogP contribution in [0.2, 0.25) is 0 Å². The van der Waals surface area contributed by atoms with Gasteiger partial charge in [-0.1, -0.05) is 6.07 Å². The standard InChI is InChI=1S/C11H13N5O2S/c17-10(12-4-3-9-14-7-15-16-9)6-13-11(18)8-2-1-5-19-8/h1-2,5,7H,3-4,6H2,(H,12,17)(H,13,18)(H,14,15,16). The second-order valence-corrected chi connectivity index (χ2v) is 4.64. The first-order chi connectivity index (χ1) is 9.25. The molecule has 2 aromatic heterocycles. The first-order valence-corrected chi connectivity index (χ1v) is 6.56. The predicted molar refractivity (Wildman–Crippen MR) is 69.7 cm³/mol. The molecule has 2 heterocycles. The van der Waals surface area contributed by atoms with E-state index in [1.165, 1.54) is 17.7 Å². The minimum atomic E-state index is -0.236. The van der Waals surface area contributed by atoms with E-state index in [4.69, 9.17) is 0 Å². The van der Waals surface area contributed by atoms with Crippen molar-refractivity contribution in [3.63, 3.8) is 0 Å². The van der Waals surface area contributed by atoms with Crippen LogP contribution in [0.25, 0.3) is 0 Å². The van der Waals surface area contributed by atoms with Gasteiger partial charge >= 0.3 is 0 Å². The molecule has 0 aromatic carbocycles. The van der Waals surface area contributed by atoms with Crippen LogP contribution in [0.15, 0.2) is 23.8 Å². The smallest absolute Gasteiger partial charge is 0.261 e. The second-order valence-electron chi connectivity index (χ2n) is 3.69. The number of nitrogens with zero attached hydrogens (tertiary/aromatic N) is 2. The van der Waals surface area contributed by atoms with Crippen LogP contribution in [-0.4, -0.2) is 40.1 Å². The maximum atomic E-state index is 11.6. The molecule has 2 rings (SSSR count). The van der Waals surface area contributed by atoms with Crippen molar-refractivity contribution in [1.29, 1.82) is 0 Å². The summed E-state index contributed by atoms with van der Waals surface area (Å²) in [6, 6.07) is 3.50. The lowest BCUT2D eigenvalue weighted by Gasteiger charge is -2.05. The number of aromatic amines is 1. The lowest BCUT2D eigenvalue weighted by Crippen LogP contribution is -2.37. The highest BCUT2D eigenvalue weighted by Gasteiger charge is 2.08. The summed E-state index contributed by atoms with van der Waals surface area (Å²) in [5, 5.41) is 13.4. The third-order valence-corrected chi connectivity index (χ3v) is 3.17. The summed E-state index contributed by atoms with van der Waals surface area (Å²) < 4.78 is 0. The van der Waals surface area contributed by atoms with Crippen LogP contribution in [0.4, 0.5) is 0 Å². The Balaban J connectivity index is 1.63. The number of hydrogen-bond donors (Lipinski definition) is 3. The van der Waals surface area contributed by atoms with Gasteiger partial charge in [-0.2, -0.15) is 5.10 Å². The zero-order valence-corrected chi connectivity index (χ0v) is 10.9. The number of thiophene rings is 1. The van der Waals surface area contributed by atoms with E-state index >= 15 is 0 Å².